The van der Waals surface area contributed by atoms with Gasteiger partial charge in [0.2, 0.25) is 6.79 Å². The summed E-state index contributed by atoms with van der Waals surface area (Å²) in [5.41, 5.74) is 1.68. The second kappa shape index (κ2) is 8.75. The number of carbonyl (C=O) groups excluding carboxylic acids is 2. The Kier molecular flexibility index (Phi) is 5.94. The molecule has 2 aromatic carbocycles. The van der Waals surface area contributed by atoms with Gasteiger partial charge in [-0.3, -0.25) is 4.79 Å². The van der Waals surface area contributed by atoms with E-state index >= 15 is 0 Å². The Morgan fingerprint density at radius 2 is 1.89 bits per heavy atom. The zero-order valence-electron chi connectivity index (χ0n) is 14.8. The van der Waals surface area contributed by atoms with Crippen molar-refractivity contribution in [2.45, 2.75) is 6.54 Å². The second-order valence-corrected chi connectivity index (χ2v) is 5.68. The largest absolute Gasteiger partial charge is 0.497 e. The van der Waals surface area contributed by atoms with Crippen molar-refractivity contribution in [3.05, 3.63) is 59.7 Å². The number of ether oxygens (including phenoxy) is 4. The maximum absolute atomic E-state index is 11.8. The molecule has 3 rings (SSSR count). The van der Waals surface area contributed by atoms with E-state index in [9.17, 15) is 9.59 Å². The zero-order chi connectivity index (χ0) is 19.1. The molecule has 1 aliphatic heterocycles. The molecule has 7 heteroatoms. The van der Waals surface area contributed by atoms with Gasteiger partial charge in [0.15, 0.2) is 18.1 Å². The zero-order valence-corrected chi connectivity index (χ0v) is 14.8. The minimum Gasteiger partial charge on any atom is -0.497 e. The van der Waals surface area contributed by atoms with Gasteiger partial charge in [-0.1, -0.05) is 18.2 Å². The van der Waals surface area contributed by atoms with E-state index in [1.807, 2.05) is 6.07 Å². The van der Waals surface area contributed by atoms with Crippen molar-refractivity contribution in [3.63, 3.8) is 0 Å². The van der Waals surface area contributed by atoms with Gasteiger partial charge in [0.05, 0.1) is 7.11 Å². The van der Waals surface area contributed by atoms with Crippen molar-refractivity contribution in [3.8, 4) is 17.2 Å². The molecule has 0 atom stereocenters. The lowest BCUT2D eigenvalue weighted by atomic mass is 10.2. The lowest BCUT2D eigenvalue weighted by Gasteiger charge is -2.06. The van der Waals surface area contributed by atoms with E-state index in [0.717, 1.165) is 16.9 Å². The van der Waals surface area contributed by atoms with Gasteiger partial charge in [0, 0.05) is 12.6 Å². The number of nitrogens with one attached hydrogen (secondary N) is 1. The van der Waals surface area contributed by atoms with Crippen LogP contribution in [0.4, 0.5) is 0 Å². The van der Waals surface area contributed by atoms with Crippen LogP contribution >= 0.6 is 0 Å². The summed E-state index contributed by atoms with van der Waals surface area (Å²) in [5.74, 6) is 1.08. The summed E-state index contributed by atoms with van der Waals surface area (Å²) >= 11 is 0. The first-order valence-electron chi connectivity index (χ1n) is 8.28. The standard InChI is InChI=1S/C20H19NO6/c1-24-16-6-2-14(3-7-16)5-9-20(23)25-12-19(22)21-11-15-4-8-17-18(10-15)27-13-26-17/h2-10H,11-13H2,1H3,(H,21,22)/b9-5+. The number of methoxy groups -OCH3 is 1. The average Bonchev–Trinajstić information content (AvgIpc) is 3.17. The highest BCUT2D eigenvalue weighted by Crippen LogP contribution is 2.32. The van der Waals surface area contributed by atoms with Gasteiger partial charge in [0.25, 0.3) is 5.91 Å². The summed E-state index contributed by atoms with van der Waals surface area (Å²) in [5, 5.41) is 2.68. The fourth-order valence-electron chi connectivity index (χ4n) is 2.37. The van der Waals surface area contributed by atoms with Crippen LogP contribution in [0.2, 0.25) is 0 Å². The summed E-state index contributed by atoms with van der Waals surface area (Å²) in [6.45, 7) is 0.149. The van der Waals surface area contributed by atoms with Crippen LogP contribution in [0.15, 0.2) is 48.5 Å². The monoisotopic (exact) mass is 369 g/mol. The van der Waals surface area contributed by atoms with Gasteiger partial charge < -0.3 is 24.3 Å². The van der Waals surface area contributed by atoms with Crippen LogP contribution in [-0.4, -0.2) is 32.4 Å². The van der Waals surface area contributed by atoms with Crippen LogP contribution in [0.1, 0.15) is 11.1 Å². The average molecular weight is 369 g/mol. The highest BCUT2D eigenvalue weighted by Gasteiger charge is 2.13. The first-order chi connectivity index (χ1) is 13.1. The number of benzene rings is 2. The number of amides is 1. The van der Waals surface area contributed by atoms with E-state index in [0.29, 0.717) is 18.0 Å². The molecule has 0 unspecified atom stereocenters. The molecule has 0 radical (unpaired) electrons. The molecule has 1 heterocycles. The molecule has 1 aliphatic rings. The van der Waals surface area contributed by atoms with E-state index in [4.69, 9.17) is 18.9 Å². The Hall–Kier alpha value is -3.48. The molecule has 140 valence electrons. The summed E-state index contributed by atoms with van der Waals surface area (Å²) < 4.78 is 20.5. The number of fused-ring (bicyclic) bond motifs is 1. The van der Waals surface area contributed by atoms with E-state index in [1.54, 1.807) is 49.6 Å². The van der Waals surface area contributed by atoms with Crippen molar-refractivity contribution in [2.75, 3.05) is 20.5 Å². The molecular weight excluding hydrogens is 350 g/mol. The summed E-state index contributed by atoms with van der Waals surface area (Å²) in [7, 11) is 1.58. The van der Waals surface area contributed by atoms with Crippen molar-refractivity contribution >= 4 is 18.0 Å². The van der Waals surface area contributed by atoms with Gasteiger partial charge in [0.1, 0.15) is 5.75 Å². The van der Waals surface area contributed by atoms with E-state index in [2.05, 4.69) is 5.32 Å². The minimum absolute atomic E-state index is 0.200. The topological polar surface area (TPSA) is 83.1 Å². The number of carbonyl (C=O) groups is 2. The van der Waals surface area contributed by atoms with Gasteiger partial charge in [-0.25, -0.2) is 4.79 Å². The Morgan fingerprint density at radius 3 is 2.67 bits per heavy atom. The third-order valence-electron chi connectivity index (χ3n) is 3.80. The molecule has 0 saturated heterocycles. The van der Waals surface area contributed by atoms with E-state index < -0.39 is 5.97 Å². The number of hydrogen-bond donors (Lipinski definition) is 1. The van der Waals surface area contributed by atoms with Crippen LogP contribution < -0.4 is 19.5 Å². The lowest BCUT2D eigenvalue weighted by Crippen LogP contribution is -2.28. The van der Waals surface area contributed by atoms with E-state index in [-0.39, 0.29) is 19.3 Å². The van der Waals surface area contributed by atoms with Crippen molar-refractivity contribution in [1.29, 1.82) is 0 Å². The molecule has 0 bridgehead atoms. The van der Waals surface area contributed by atoms with Gasteiger partial charge in [-0.2, -0.15) is 0 Å². The Bertz CT molecular complexity index is 844. The molecule has 0 aliphatic carbocycles. The second-order valence-electron chi connectivity index (χ2n) is 5.68. The fourth-order valence-corrected chi connectivity index (χ4v) is 2.37. The minimum atomic E-state index is -0.593. The van der Waals surface area contributed by atoms with Gasteiger partial charge in [-0.05, 0) is 41.5 Å². The highest BCUT2D eigenvalue weighted by atomic mass is 16.7. The third kappa shape index (κ3) is 5.24. The van der Waals surface area contributed by atoms with Crippen LogP contribution in [0.25, 0.3) is 6.08 Å². The van der Waals surface area contributed by atoms with Crippen molar-refractivity contribution < 1.29 is 28.5 Å². The highest BCUT2D eigenvalue weighted by molar-refractivity contribution is 5.89. The fraction of sp³-hybridized carbons (Fsp3) is 0.200. The molecule has 0 aromatic heterocycles. The number of rotatable bonds is 7. The Labute approximate surface area is 156 Å². The molecule has 2 aromatic rings. The smallest absolute Gasteiger partial charge is 0.331 e. The molecule has 7 nitrogen and oxygen atoms in total. The van der Waals surface area contributed by atoms with Crippen LogP contribution in [0, 0.1) is 0 Å². The molecule has 27 heavy (non-hydrogen) atoms. The predicted molar refractivity (Wildman–Crippen MR) is 97.4 cm³/mol. The van der Waals surface area contributed by atoms with Crippen molar-refractivity contribution in [2.24, 2.45) is 0 Å². The quantitative estimate of drug-likeness (QED) is 0.596. The molecule has 0 spiro atoms. The number of hydrogen-bond acceptors (Lipinski definition) is 6. The van der Waals surface area contributed by atoms with Crippen LogP contribution in [-0.2, 0) is 20.9 Å². The Balaban J connectivity index is 1.40. The molecule has 0 fully saturated rings. The van der Waals surface area contributed by atoms with Gasteiger partial charge >= 0.3 is 5.97 Å². The van der Waals surface area contributed by atoms with Crippen LogP contribution in [0.3, 0.4) is 0 Å². The molecule has 1 N–H and O–H groups in total. The Morgan fingerprint density at radius 1 is 1.11 bits per heavy atom. The summed E-state index contributed by atoms with van der Waals surface area (Å²) in [6.07, 6.45) is 2.87. The maximum atomic E-state index is 11.8. The predicted octanol–water partition coefficient (Wildman–Crippen LogP) is 2.30. The van der Waals surface area contributed by atoms with Crippen LogP contribution in [0.5, 0.6) is 17.2 Å². The molecule has 1 amide bonds. The normalized spacial score (nSPS) is 12.0. The maximum Gasteiger partial charge on any atom is 0.331 e. The van der Waals surface area contributed by atoms with E-state index in [1.165, 1.54) is 6.08 Å². The molecule has 0 saturated carbocycles. The third-order valence-corrected chi connectivity index (χ3v) is 3.80. The first kappa shape index (κ1) is 18.3. The lowest BCUT2D eigenvalue weighted by molar-refractivity contribution is -0.143. The SMILES string of the molecule is COc1ccc(/C=C/C(=O)OCC(=O)NCc2ccc3c(c2)OCO3)cc1. The van der Waals surface area contributed by atoms with Crippen molar-refractivity contribution in [1.82, 2.24) is 5.32 Å². The first-order valence-corrected chi connectivity index (χ1v) is 8.28. The number of esters is 1. The summed E-state index contributed by atoms with van der Waals surface area (Å²) in [6, 6.07) is 12.6. The summed E-state index contributed by atoms with van der Waals surface area (Å²) in [4.78, 5) is 23.5. The molecular formula is C20H19NO6. The van der Waals surface area contributed by atoms with Gasteiger partial charge in [-0.15, -0.1) is 0 Å².